The van der Waals surface area contributed by atoms with Crippen LogP contribution in [-0.4, -0.2) is 19.1 Å². The lowest BCUT2D eigenvalue weighted by Crippen LogP contribution is -2.21. The number of pyridine rings is 1. The van der Waals surface area contributed by atoms with Gasteiger partial charge < -0.3 is 10.1 Å². The van der Waals surface area contributed by atoms with Crippen LogP contribution in [0.5, 0.6) is 5.75 Å². The number of aromatic nitrogens is 1. The second-order valence-corrected chi connectivity index (χ2v) is 4.70. The molecule has 0 aliphatic carbocycles. The number of nitrogens with zero attached hydrogens (tertiary/aromatic N) is 1. The van der Waals surface area contributed by atoms with E-state index in [1.807, 2.05) is 26.1 Å². The number of likely N-dealkylation sites (N-methyl/N-ethyl adjacent to an activating group) is 1. The van der Waals surface area contributed by atoms with Crippen LogP contribution in [0.25, 0.3) is 0 Å². The van der Waals surface area contributed by atoms with Crippen LogP contribution in [-0.2, 0) is 6.42 Å². The first-order chi connectivity index (χ1) is 9.65. The summed E-state index contributed by atoms with van der Waals surface area (Å²) in [5, 5.41) is 3.15. The monoisotopic (exact) mass is 274 g/mol. The third-order valence-corrected chi connectivity index (χ3v) is 3.45. The van der Waals surface area contributed by atoms with Gasteiger partial charge in [-0.1, -0.05) is 12.1 Å². The average Bonchev–Trinajstić information content (AvgIpc) is 2.47. The molecule has 0 spiro atoms. The summed E-state index contributed by atoms with van der Waals surface area (Å²) < 4.78 is 19.2. The number of halogens is 1. The molecule has 106 valence electrons. The van der Waals surface area contributed by atoms with E-state index in [0.717, 1.165) is 11.3 Å². The molecule has 0 saturated heterocycles. The molecule has 1 unspecified atom stereocenters. The van der Waals surface area contributed by atoms with E-state index in [2.05, 4.69) is 10.3 Å². The number of ether oxygens (including phenoxy) is 1. The van der Waals surface area contributed by atoms with Crippen LogP contribution in [0.2, 0.25) is 0 Å². The van der Waals surface area contributed by atoms with Gasteiger partial charge in [0.25, 0.3) is 0 Å². The van der Waals surface area contributed by atoms with Crippen molar-refractivity contribution in [2.45, 2.75) is 19.4 Å². The Balaban J connectivity index is 2.27. The first-order valence-corrected chi connectivity index (χ1v) is 6.57. The van der Waals surface area contributed by atoms with Gasteiger partial charge in [0.1, 0.15) is 11.6 Å². The van der Waals surface area contributed by atoms with E-state index >= 15 is 0 Å². The van der Waals surface area contributed by atoms with Crippen molar-refractivity contribution in [2.75, 3.05) is 14.2 Å². The number of hydrogen-bond acceptors (Lipinski definition) is 3. The summed E-state index contributed by atoms with van der Waals surface area (Å²) >= 11 is 0. The van der Waals surface area contributed by atoms with E-state index in [1.54, 1.807) is 18.3 Å². The Labute approximate surface area is 118 Å². The number of aryl methyl sites for hydroxylation is 1. The van der Waals surface area contributed by atoms with Crippen molar-refractivity contribution in [1.29, 1.82) is 0 Å². The smallest absolute Gasteiger partial charge is 0.131 e. The third-order valence-electron chi connectivity index (χ3n) is 3.45. The summed E-state index contributed by atoms with van der Waals surface area (Å²) in [6.07, 6.45) is 2.41. The van der Waals surface area contributed by atoms with Crippen LogP contribution < -0.4 is 10.1 Å². The molecule has 0 aliphatic heterocycles. The molecule has 0 saturated carbocycles. The molecule has 1 aromatic carbocycles. The van der Waals surface area contributed by atoms with E-state index < -0.39 is 0 Å². The molecule has 2 rings (SSSR count). The summed E-state index contributed by atoms with van der Waals surface area (Å²) in [6, 6.07) is 8.74. The minimum atomic E-state index is -0.266. The number of nitrogens with one attached hydrogen (secondary N) is 1. The first kappa shape index (κ1) is 14.5. The van der Waals surface area contributed by atoms with E-state index in [9.17, 15) is 4.39 Å². The molecule has 0 bridgehead atoms. The first-order valence-electron chi connectivity index (χ1n) is 6.57. The third kappa shape index (κ3) is 3.14. The SMILES string of the molecule is CNC(Cc1ncccc1C)c1ccc(OC)cc1F. The fourth-order valence-electron chi connectivity index (χ4n) is 2.21. The van der Waals surface area contributed by atoms with Crippen molar-refractivity contribution >= 4 is 0 Å². The fraction of sp³-hybridized carbons (Fsp3) is 0.312. The maximum absolute atomic E-state index is 14.1. The summed E-state index contributed by atoms with van der Waals surface area (Å²) in [4.78, 5) is 4.37. The van der Waals surface area contributed by atoms with Crippen molar-refractivity contribution in [3.05, 3.63) is 59.2 Å². The van der Waals surface area contributed by atoms with Crippen LogP contribution >= 0.6 is 0 Å². The molecular formula is C16H19FN2O. The zero-order valence-corrected chi connectivity index (χ0v) is 12.0. The van der Waals surface area contributed by atoms with Gasteiger partial charge in [-0.2, -0.15) is 0 Å². The van der Waals surface area contributed by atoms with Crippen molar-refractivity contribution in [1.82, 2.24) is 10.3 Å². The number of rotatable bonds is 5. The Morgan fingerprint density at radius 3 is 2.75 bits per heavy atom. The lowest BCUT2D eigenvalue weighted by atomic mass is 9.99. The molecule has 0 fully saturated rings. The Bertz CT molecular complexity index is 586. The van der Waals surface area contributed by atoms with Crippen LogP contribution in [0.4, 0.5) is 4.39 Å². The summed E-state index contributed by atoms with van der Waals surface area (Å²) in [7, 11) is 3.36. The number of methoxy groups -OCH3 is 1. The van der Waals surface area contributed by atoms with Gasteiger partial charge in [0, 0.05) is 36.0 Å². The fourth-order valence-corrected chi connectivity index (χ4v) is 2.21. The predicted octanol–water partition coefficient (Wildman–Crippen LogP) is 3.04. The zero-order chi connectivity index (χ0) is 14.5. The highest BCUT2D eigenvalue weighted by Gasteiger charge is 2.16. The summed E-state index contributed by atoms with van der Waals surface area (Å²) in [6.45, 7) is 2.01. The van der Waals surface area contributed by atoms with Crippen molar-refractivity contribution in [2.24, 2.45) is 0 Å². The summed E-state index contributed by atoms with van der Waals surface area (Å²) in [5.74, 6) is 0.257. The molecule has 0 aliphatic rings. The minimum Gasteiger partial charge on any atom is -0.497 e. The lowest BCUT2D eigenvalue weighted by molar-refractivity contribution is 0.409. The van der Waals surface area contributed by atoms with Gasteiger partial charge in [-0.15, -0.1) is 0 Å². The normalized spacial score (nSPS) is 12.2. The van der Waals surface area contributed by atoms with Crippen LogP contribution in [0.1, 0.15) is 22.9 Å². The van der Waals surface area contributed by atoms with Gasteiger partial charge in [-0.25, -0.2) is 4.39 Å². The average molecular weight is 274 g/mol. The molecule has 0 radical (unpaired) electrons. The molecule has 0 amide bonds. The Morgan fingerprint density at radius 2 is 2.15 bits per heavy atom. The highest BCUT2D eigenvalue weighted by atomic mass is 19.1. The second kappa shape index (κ2) is 6.48. The van der Waals surface area contributed by atoms with Gasteiger partial charge in [-0.05, 0) is 31.7 Å². The van der Waals surface area contributed by atoms with Gasteiger partial charge in [0.2, 0.25) is 0 Å². The number of benzene rings is 1. The Kier molecular flexibility index (Phi) is 4.69. The van der Waals surface area contributed by atoms with Crippen LogP contribution in [0.15, 0.2) is 36.5 Å². The zero-order valence-electron chi connectivity index (χ0n) is 12.0. The van der Waals surface area contributed by atoms with E-state index in [-0.39, 0.29) is 11.9 Å². The Morgan fingerprint density at radius 1 is 1.35 bits per heavy atom. The van der Waals surface area contributed by atoms with Gasteiger partial charge in [0.05, 0.1) is 7.11 Å². The molecule has 1 atom stereocenters. The standard InChI is InChI=1S/C16H19FN2O/c1-11-5-4-8-19-15(11)10-16(18-2)13-7-6-12(20-3)9-14(13)17/h4-9,16,18H,10H2,1-3H3. The highest BCUT2D eigenvalue weighted by molar-refractivity contribution is 5.32. The van der Waals surface area contributed by atoms with Crippen LogP contribution in [0.3, 0.4) is 0 Å². The summed E-state index contributed by atoms with van der Waals surface area (Å²) in [5.41, 5.74) is 2.71. The van der Waals surface area contributed by atoms with Gasteiger partial charge in [0.15, 0.2) is 0 Å². The second-order valence-electron chi connectivity index (χ2n) is 4.70. The van der Waals surface area contributed by atoms with Crippen molar-refractivity contribution < 1.29 is 9.13 Å². The maximum Gasteiger partial charge on any atom is 0.131 e. The topological polar surface area (TPSA) is 34.2 Å². The molecule has 1 heterocycles. The largest absolute Gasteiger partial charge is 0.497 e. The van der Waals surface area contributed by atoms with Gasteiger partial charge >= 0.3 is 0 Å². The lowest BCUT2D eigenvalue weighted by Gasteiger charge is -2.18. The molecule has 4 heteroatoms. The van der Waals surface area contributed by atoms with Crippen molar-refractivity contribution in [3.8, 4) is 5.75 Å². The van der Waals surface area contributed by atoms with Gasteiger partial charge in [-0.3, -0.25) is 4.98 Å². The highest BCUT2D eigenvalue weighted by Crippen LogP contribution is 2.24. The molecule has 1 N–H and O–H groups in total. The molecule has 1 aromatic heterocycles. The van der Waals surface area contributed by atoms with E-state index in [4.69, 9.17) is 4.74 Å². The maximum atomic E-state index is 14.1. The van der Waals surface area contributed by atoms with Crippen molar-refractivity contribution in [3.63, 3.8) is 0 Å². The quantitative estimate of drug-likeness (QED) is 0.910. The molecule has 20 heavy (non-hydrogen) atoms. The minimum absolute atomic E-state index is 0.116. The molecule has 3 nitrogen and oxygen atoms in total. The molecular weight excluding hydrogens is 255 g/mol. The molecule has 2 aromatic rings. The van der Waals surface area contributed by atoms with Crippen LogP contribution in [0, 0.1) is 12.7 Å². The van der Waals surface area contributed by atoms with E-state index in [1.165, 1.54) is 13.2 Å². The predicted molar refractivity (Wildman–Crippen MR) is 77.4 cm³/mol. The number of hydrogen-bond donors (Lipinski definition) is 1. The Hall–Kier alpha value is -1.94. The van der Waals surface area contributed by atoms with E-state index in [0.29, 0.717) is 17.7 Å².